The zero-order chi connectivity index (χ0) is 12.7. The average Bonchev–Trinajstić information content (AvgIpc) is 3.12. The van der Waals surface area contributed by atoms with Gasteiger partial charge < -0.3 is 15.2 Å². The monoisotopic (exact) mass is 267 g/mol. The molecule has 4 nitrogen and oxygen atoms in total. The normalized spacial score (nSPS) is 24.3. The Labute approximate surface area is 112 Å². The standard InChI is InChI=1S/C13H18ClN3O/c14-9-6-12(17(7-9)11-3-4-11)13(18)16-5-1-2-10(15)8-16/h6-7,10-11H,1-5,8,15H2. The van der Waals surface area contributed by atoms with Crippen molar-refractivity contribution in [2.45, 2.75) is 37.8 Å². The van der Waals surface area contributed by atoms with Gasteiger partial charge in [0.15, 0.2) is 0 Å². The maximum Gasteiger partial charge on any atom is 0.270 e. The van der Waals surface area contributed by atoms with E-state index < -0.39 is 0 Å². The number of likely N-dealkylation sites (tertiary alicyclic amines) is 1. The van der Waals surface area contributed by atoms with E-state index in [1.807, 2.05) is 15.7 Å². The molecule has 3 rings (SSSR count). The fourth-order valence-electron chi connectivity index (χ4n) is 2.63. The summed E-state index contributed by atoms with van der Waals surface area (Å²) in [5.74, 6) is 0.0731. The summed E-state index contributed by atoms with van der Waals surface area (Å²) in [6.07, 6.45) is 6.16. The van der Waals surface area contributed by atoms with E-state index in [4.69, 9.17) is 17.3 Å². The minimum absolute atomic E-state index is 0.0731. The van der Waals surface area contributed by atoms with Crippen LogP contribution in [0.1, 0.15) is 42.2 Å². The van der Waals surface area contributed by atoms with Gasteiger partial charge in [-0.1, -0.05) is 11.6 Å². The molecule has 0 bridgehead atoms. The van der Waals surface area contributed by atoms with Crippen LogP contribution in [0.25, 0.3) is 0 Å². The highest BCUT2D eigenvalue weighted by Gasteiger charge is 2.30. The van der Waals surface area contributed by atoms with Gasteiger partial charge in [0.25, 0.3) is 5.91 Å². The topological polar surface area (TPSA) is 51.3 Å². The maximum atomic E-state index is 12.5. The van der Waals surface area contributed by atoms with Crippen molar-refractivity contribution in [1.82, 2.24) is 9.47 Å². The summed E-state index contributed by atoms with van der Waals surface area (Å²) >= 11 is 6.03. The second kappa shape index (κ2) is 4.59. The lowest BCUT2D eigenvalue weighted by Crippen LogP contribution is -2.46. The van der Waals surface area contributed by atoms with Crippen LogP contribution >= 0.6 is 11.6 Å². The maximum absolute atomic E-state index is 12.5. The summed E-state index contributed by atoms with van der Waals surface area (Å²) in [7, 11) is 0. The molecule has 5 heteroatoms. The molecule has 1 aromatic rings. The second-order valence-electron chi connectivity index (χ2n) is 5.34. The van der Waals surface area contributed by atoms with Crippen LogP contribution in [-0.2, 0) is 0 Å². The van der Waals surface area contributed by atoms with Crippen molar-refractivity contribution < 1.29 is 4.79 Å². The Balaban J connectivity index is 1.82. The Morgan fingerprint density at radius 1 is 1.39 bits per heavy atom. The number of piperidine rings is 1. The van der Waals surface area contributed by atoms with Gasteiger partial charge in [-0.2, -0.15) is 0 Å². The van der Waals surface area contributed by atoms with Crippen molar-refractivity contribution in [3.05, 3.63) is 23.0 Å². The molecule has 1 aliphatic heterocycles. The highest BCUT2D eigenvalue weighted by molar-refractivity contribution is 6.31. The largest absolute Gasteiger partial charge is 0.339 e. The van der Waals surface area contributed by atoms with Gasteiger partial charge in [-0.05, 0) is 31.7 Å². The van der Waals surface area contributed by atoms with Gasteiger partial charge in [-0.25, -0.2) is 0 Å². The van der Waals surface area contributed by atoms with Crippen LogP contribution in [-0.4, -0.2) is 34.5 Å². The Hall–Kier alpha value is -1.00. The molecule has 1 amide bonds. The summed E-state index contributed by atoms with van der Waals surface area (Å²) < 4.78 is 2.03. The summed E-state index contributed by atoms with van der Waals surface area (Å²) in [6, 6.07) is 2.36. The number of hydrogen-bond acceptors (Lipinski definition) is 2. The zero-order valence-corrected chi connectivity index (χ0v) is 11.1. The SMILES string of the molecule is NC1CCCN(C(=O)c2cc(Cl)cn2C2CC2)C1. The molecule has 1 aliphatic carbocycles. The van der Waals surface area contributed by atoms with E-state index in [-0.39, 0.29) is 11.9 Å². The van der Waals surface area contributed by atoms with Gasteiger partial charge in [0.05, 0.1) is 5.02 Å². The van der Waals surface area contributed by atoms with Crippen molar-refractivity contribution >= 4 is 17.5 Å². The lowest BCUT2D eigenvalue weighted by molar-refractivity contribution is 0.0697. The molecule has 2 fully saturated rings. The third kappa shape index (κ3) is 2.27. The van der Waals surface area contributed by atoms with Crippen LogP contribution in [0.5, 0.6) is 0 Å². The first kappa shape index (κ1) is 12.1. The number of rotatable bonds is 2. The number of carbonyl (C=O) groups is 1. The number of nitrogens with two attached hydrogens (primary N) is 1. The molecule has 1 saturated carbocycles. The van der Waals surface area contributed by atoms with Gasteiger partial charge in [-0.3, -0.25) is 4.79 Å². The van der Waals surface area contributed by atoms with E-state index in [0.717, 1.165) is 37.9 Å². The molecule has 1 aromatic heterocycles. The quantitative estimate of drug-likeness (QED) is 0.892. The molecule has 98 valence electrons. The predicted octanol–water partition coefficient (Wildman–Crippen LogP) is 2.04. The second-order valence-corrected chi connectivity index (χ2v) is 5.77. The number of aromatic nitrogens is 1. The highest BCUT2D eigenvalue weighted by atomic mass is 35.5. The summed E-state index contributed by atoms with van der Waals surface area (Å²) in [4.78, 5) is 14.4. The molecule has 2 aliphatic rings. The van der Waals surface area contributed by atoms with E-state index in [2.05, 4.69) is 0 Å². The van der Waals surface area contributed by atoms with Crippen molar-refractivity contribution in [1.29, 1.82) is 0 Å². The first-order valence-corrected chi connectivity index (χ1v) is 6.95. The molecule has 2 N–H and O–H groups in total. The number of carbonyl (C=O) groups excluding carboxylic acids is 1. The Morgan fingerprint density at radius 3 is 2.83 bits per heavy atom. The Bertz CT molecular complexity index is 467. The molecule has 0 spiro atoms. The first-order chi connectivity index (χ1) is 8.65. The number of hydrogen-bond donors (Lipinski definition) is 1. The van der Waals surface area contributed by atoms with E-state index in [9.17, 15) is 4.79 Å². The third-order valence-electron chi connectivity index (χ3n) is 3.72. The lowest BCUT2D eigenvalue weighted by atomic mass is 10.1. The van der Waals surface area contributed by atoms with Crippen LogP contribution in [0.2, 0.25) is 5.02 Å². The van der Waals surface area contributed by atoms with Crippen molar-refractivity contribution in [2.75, 3.05) is 13.1 Å². The van der Waals surface area contributed by atoms with Crippen LogP contribution in [0.3, 0.4) is 0 Å². The molecule has 2 heterocycles. The summed E-state index contributed by atoms with van der Waals surface area (Å²) in [5, 5.41) is 0.645. The van der Waals surface area contributed by atoms with Gasteiger partial charge >= 0.3 is 0 Å². The fraction of sp³-hybridized carbons (Fsp3) is 0.615. The van der Waals surface area contributed by atoms with Gasteiger partial charge in [0, 0.05) is 31.4 Å². The van der Waals surface area contributed by atoms with Gasteiger partial charge in [0.1, 0.15) is 5.69 Å². The van der Waals surface area contributed by atoms with Crippen LogP contribution < -0.4 is 5.73 Å². The molecule has 1 unspecified atom stereocenters. The number of halogens is 1. The Kier molecular flexibility index (Phi) is 3.08. The molecule has 0 aromatic carbocycles. The lowest BCUT2D eigenvalue weighted by Gasteiger charge is -2.31. The van der Waals surface area contributed by atoms with Crippen LogP contribution in [0, 0.1) is 0 Å². The minimum Gasteiger partial charge on any atom is -0.339 e. The molecular weight excluding hydrogens is 250 g/mol. The van der Waals surface area contributed by atoms with E-state index in [0.29, 0.717) is 17.6 Å². The smallest absolute Gasteiger partial charge is 0.270 e. The summed E-state index contributed by atoms with van der Waals surface area (Å²) in [5.41, 5.74) is 6.65. The first-order valence-electron chi connectivity index (χ1n) is 6.57. The van der Waals surface area contributed by atoms with E-state index in [1.54, 1.807) is 6.07 Å². The molecule has 18 heavy (non-hydrogen) atoms. The van der Waals surface area contributed by atoms with E-state index in [1.165, 1.54) is 0 Å². The molecular formula is C13H18ClN3O. The van der Waals surface area contributed by atoms with Crippen molar-refractivity contribution in [3.63, 3.8) is 0 Å². The fourth-order valence-corrected chi connectivity index (χ4v) is 2.84. The molecule has 1 saturated heterocycles. The van der Waals surface area contributed by atoms with Crippen molar-refractivity contribution in [3.8, 4) is 0 Å². The minimum atomic E-state index is 0.0731. The average molecular weight is 268 g/mol. The number of amides is 1. The molecule has 0 radical (unpaired) electrons. The zero-order valence-electron chi connectivity index (χ0n) is 10.3. The van der Waals surface area contributed by atoms with Crippen LogP contribution in [0.4, 0.5) is 0 Å². The summed E-state index contributed by atoms with van der Waals surface area (Å²) in [6.45, 7) is 1.46. The van der Waals surface area contributed by atoms with Gasteiger partial charge in [0.2, 0.25) is 0 Å². The molecule has 1 atom stereocenters. The van der Waals surface area contributed by atoms with Crippen molar-refractivity contribution in [2.24, 2.45) is 5.73 Å². The Morgan fingerprint density at radius 2 is 2.17 bits per heavy atom. The third-order valence-corrected chi connectivity index (χ3v) is 3.93. The highest BCUT2D eigenvalue weighted by Crippen LogP contribution is 2.37. The number of nitrogens with zero attached hydrogens (tertiary/aromatic N) is 2. The van der Waals surface area contributed by atoms with Gasteiger partial charge in [-0.15, -0.1) is 0 Å². The van der Waals surface area contributed by atoms with E-state index >= 15 is 0 Å². The van der Waals surface area contributed by atoms with Crippen LogP contribution in [0.15, 0.2) is 12.3 Å². The predicted molar refractivity (Wildman–Crippen MR) is 70.8 cm³/mol.